The second-order valence-corrected chi connectivity index (χ2v) is 2.72. The molecule has 0 amide bonds. The van der Waals surface area contributed by atoms with Crippen molar-refractivity contribution < 1.29 is 4.79 Å². The van der Waals surface area contributed by atoms with Gasteiger partial charge in [0.05, 0.1) is 0 Å². The van der Waals surface area contributed by atoms with Crippen LogP contribution in [0.1, 0.15) is 33.1 Å². The quantitative estimate of drug-likeness (QED) is 0.536. The molecule has 0 radical (unpaired) electrons. The van der Waals surface area contributed by atoms with Gasteiger partial charge in [-0.05, 0) is 18.4 Å². The highest BCUT2D eigenvalue weighted by Gasteiger charge is 2.00. The standard InChI is InChI=1S/C9H16O/c1-4-8(3)6-7-9(10)5-2/h5,8H,2,4,6-7H2,1,3H3/t8-/m1/s1. The first-order valence-corrected chi connectivity index (χ1v) is 3.86. The fourth-order valence-corrected chi connectivity index (χ4v) is 0.695. The van der Waals surface area contributed by atoms with Gasteiger partial charge < -0.3 is 0 Å². The predicted molar refractivity (Wildman–Crippen MR) is 43.9 cm³/mol. The van der Waals surface area contributed by atoms with Gasteiger partial charge in [0, 0.05) is 6.42 Å². The smallest absolute Gasteiger partial charge is 0.155 e. The minimum Gasteiger partial charge on any atom is -0.295 e. The fraction of sp³-hybridized carbons (Fsp3) is 0.667. The van der Waals surface area contributed by atoms with Gasteiger partial charge in [0.1, 0.15) is 0 Å². The molecule has 1 nitrogen and oxygen atoms in total. The van der Waals surface area contributed by atoms with Gasteiger partial charge >= 0.3 is 0 Å². The number of allylic oxidation sites excluding steroid dienone is 1. The van der Waals surface area contributed by atoms with Crippen molar-refractivity contribution in [3.8, 4) is 0 Å². The number of carbonyl (C=O) groups excluding carboxylic acids is 1. The van der Waals surface area contributed by atoms with E-state index in [1.807, 2.05) is 0 Å². The summed E-state index contributed by atoms with van der Waals surface area (Å²) in [5.41, 5.74) is 0. The molecule has 0 aliphatic carbocycles. The van der Waals surface area contributed by atoms with Crippen LogP contribution in [0.4, 0.5) is 0 Å². The Morgan fingerprint density at radius 2 is 2.30 bits per heavy atom. The van der Waals surface area contributed by atoms with E-state index >= 15 is 0 Å². The highest BCUT2D eigenvalue weighted by molar-refractivity contribution is 5.88. The SMILES string of the molecule is C=CC(=O)CC[C@H](C)CC. The van der Waals surface area contributed by atoms with Crippen LogP contribution in [0.2, 0.25) is 0 Å². The van der Waals surface area contributed by atoms with Gasteiger partial charge in [0.2, 0.25) is 0 Å². The molecule has 10 heavy (non-hydrogen) atoms. The van der Waals surface area contributed by atoms with Crippen molar-refractivity contribution in [2.24, 2.45) is 5.92 Å². The zero-order valence-electron chi connectivity index (χ0n) is 6.89. The molecule has 0 spiro atoms. The summed E-state index contributed by atoms with van der Waals surface area (Å²) in [5, 5.41) is 0. The number of ketones is 1. The van der Waals surface area contributed by atoms with Crippen molar-refractivity contribution >= 4 is 5.78 Å². The van der Waals surface area contributed by atoms with E-state index in [1.54, 1.807) is 0 Å². The molecule has 0 bridgehead atoms. The van der Waals surface area contributed by atoms with Crippen LogP contribution in [0, 0.1) is 5.92 Å². The molecule has 0 saturated carbocycles. The molecule has 0 unspecified atom stereocenters. The molecule has 0 rings (SSSR count). The molecule has 58 valence electrons. The molecule has 0 saturated heterocycles. The Morgan fingerprint density at radius 1 is 1.70 bits per heavy atom. The van der Waals surface area contributed by atoms with E-state index in [-0.39, 0.29) is 5.78 Å². The van der Waals surface area contributed by atoms with Crippen molar-refractivity contribution in [1.82, 2.24) is 0 Å². The van der Waals surface area contributed by atoms with E-state index in [9.17, 15) is 4.79 Å². The average molecular weight is 140 g/mol. The Morgan fingerprint density at radius 3 is 2.70 bits per heavy atom. The topological polar surface area (TPSA) is 17.1 Å². The van der Waals surface area contributed by atoms with Gasteiger partial charge in [-0.2, -0.15) is 0 Å². The van der Waals surface area contributed by atoms with Gasteiger partial charge in [-0.15, -0.1) is 0 Å². The molecule has 0 N–H and O–H groups in total. The van der Waals surface area contributed by atoms with Crippen molar-refractivity contribution in [2.45, 2.75) is 33.1 Å². The maximum Gasteiger partial charge on any atom is 0.155 e. The van der Waals surface area contributed by atoms with E-state index in [0.717, 1.165) is 12.8 Å². The highest BCUT2D eigenvalue weighted by atomic mass is 16.1. The molecule has 0 fully saturated rings. The molecule has 0 aromatic rings. The van der Waals surface area contributed by atoms with Crippen LogP contribution in [0.5, 0.6) is 0 Å². The lowest BCUT2D eigenvalue weighted by molar-refractivity contribution is -0.114. The summed E-state index contributed by atoms with van der Waals surface area (Å²) in [7, 11) is 0. The molecular weight excluding hydrogens is 124 g/mol. The Balaban J connectivity index is 3.34. The van der Waals surface area contributed by atoms with Crippen LogP contribution in [-0.2, 0) is 4.79 Å². The molecule has 0 aromatic carbocycles. The summed E-state index contributed by atoms with van der Waals surface area (Å²) in [5.74, 6) is 0.837. The molecule has 1 atom stereocenters. The third-order valence-corrected chi connectivity index (χ3v) is 1.81. The molecule has 0 aliphatic heterocycles. The normalized spacial score (nSPS) is 12.6. The zero-order chi connectivity index (χ0) is 7.98. The first kappa shape index (κ1) is 9.41. The first-order chi connectivity index (χ1) is 4.70. The van der Waals surface area contributed by atoms with Crippen LogP contribution in [0.15, 0.2) is 12.7 Å². The lowest BCUT2D eigenvalue weighted by Gasteiger charge is -2.04. The Hall–Kier alpha value is -0.590. The summed E-state index contributed by atoms with van der Waals surface area (Å²) in [6, 6.07) is 0. The second kappa shape index (κ2) is 5.21. The van der Waals surface area contributed by atoms with E-state index in [0.29, 0.717) is 12.3 Å². The van der Waals surface area contributed by atoms with Gasteiger partial charge in [0.15, 0.2) is 5.78 Å². The largest absolute Gasteiger partial charge is 0.295 e. The molecular formula is C9H16O. The maximum absolute atomic E-state index is 10.7. The summed E-state index contributed by atoms with van der Waals surface area (Å²) in [6.07, 6.45) is 4.23. The van der Waals surface area contributed by atoms with Crippen LogP contribution >= 0.6 is 0 Å². The molecule has 0 heterocycles. The predicted octanol–water partition coefficient (Wildman–Crippen LogP) is 2.57. The van der Waals surface area contributed by atoms with Crippen LogP contribution in [-0.4, -0.2) is 5.78 Å². The highest BCUT2D eigenvalue weighted by Crippen LogP contribution is 2.09. The monoisotopic (exact) mass is 140 g/mol. The average Bonchev–Trinajstić information content (AvgIpc) is 1.99. The number of hydrogen-bond donors (Lipinski definition) is 0. The number of rotatable bonds is 5. The summed E-state index contributed by atoms with van der Waals surface area (Å²) >= 11 is 0. The van der Waals surface area contributed by atoms with E-state index < -0.39 is 0 Å². The molecule has 1 heteroatoms. The minimum atomic E-state index is 0.167. The summed E-state index contributed by atoms with van der Waals surface area (Å²) < 4.78 is 0. The van der Waals surface area contributed by atoms with E-state index in [1.165, 1.54) is 6.08 Å². The number of carbonyl (C=O) groups is 1. The number of hydrogen-bond acceptors (Lipinski definition) is 1. The van der Waals surface area contributed by atoms with E-state index in [2.05, 4.69) is 20.4 Å². The van der Waals surface area contributed by atoms with Gasteiger partial charge in [-0.3, -0.25) is 4.79 Å². The van der Waals surface area contributed by atoms with E-state index in [4.69, 9.17) is 0 Å². The van der Waals surface area contributed by atoms with Gasteiger partial charge in [-0.25, -0.2) is 0 Å². The first-order valence-electron chi connectivity index (χ1n) is 3.86. The van der Waals surface area contributed by atoms with Crippen molar-refractivity contribution in [1.29, 1.82) is 0 Å². The lowest BCUT2D eigenvalue weighted by atomic mass is 10.0. The second-order valence-electron chi connectivity index (χ2n) is 2.72. The van der Waals surface area contributed by atoms with Crippen molar-refractivity contribution in [2.75, 3.05) is 0 Å². The summed E-state index contributed by atoms with van der Waals surface area (Å²) in [6.45, 7) is 7.72. The van der Waals surface area contributed by atoms with Crippen LogP contribution in [0.25, 0.3) is 0 Å². The molecule has 0 aromatic heterocycles. The Labute approximate surface area is 63.1 Å². The minimum absolute atomic E-state index is 0.167. The Bertz CT molecular complexity index is 116. The maximum atomic E-state index is 10.7. The lowest BCUT2D eigenvalue weighted by Crippen LogP contribution is -1.97. The zero-order valence-corrected chi connectivity index (χ0v) is 6.89. The van der Waals surface area contributed by atoms with Gasteiger partial charge in [-0.1, -0.05) is 26.8 Å². The van der Waals surface area contributed by atoms with Gasteiger partial charge in [0.25, 0.3) is 0 Å². The molecule has 0 aliphatic rings. The third kappa shape index (κ3) is 4.30. The Kier molecular flexibility index (Phi) is 4.91. The summed E-state index contributed by atoms with van der Waals surface area (Å²) in [4.78, 5) is 10.7. The van der Waals surface area contributed by atoms with Crippen molar-refractivity contribution in [3.05, 3.63) is 12.7 Å². The van der Waals surface area contributed by atoms with Crippen molar-refractivity contribution in [3.63, 3.8) is 0 Å². The fourth-order valence-electron chi connectivity index (χ4n) is 0.695. The van der Waals surface area contributed by atoms with Crippen LogP contribution < -0.4 is 0 Å². The van der Waals surface area contributed by atoms with Crippen LogP contribution in [0.3, 0.4) is 0 Å². The third-order valence-electron chi connectivity index (χ3n) is 1.81.